The number of unbranched alkanes of at least 4 members (excludes halogenated alkanes) is 2. The number of carbonyl (C=O) groups excluding carboxylic acids is 6. The molecular weight excluding hydrogens is 540 g/mol. The molecule has 0 unspecified atom stereocenters. The maximum Gasteiger partial charge on any atom is 0.519 e. The first-order chi connectivity index (χ1) is 18.6. The van der Waals surface area contributed by atoms with Crippen LogP contribution in [0.1, 0.15) is 56.5 Å². The lowest BCUT2D eigenvalue weighted by Crippen LogP contribution is -2.49. The Morgan fingerprint density at radius 3 is 2.33 bits per heavy atom. The van der Waals surface area contributed by atoms with Gasteiger partial charge in [-0.15, -0.1) is 5.06 Å². The van der Waals surface area contributed by atoms with Crippen LogP contribution in [0, 0.1) is 6.92 Å². The lowest BCUT2D eigenvalue weighted by atomic mass is 10.1. The Hall–Kier alpha value is -3.82. The smallest absolute Gasteiger partial charge is 0.441 e. The van der Waals surface area contributed by atoms with Gasteiger partial charge in [0, 0.05) is 32.4 Å². The fourth-order valence-electron chi connectivity index (χ4n) is 3.31. The molecule has 15 nitrogen and oxygen atoms in total. The van der Waals surface area contributed by atoms with Crippen molar-refractivity contribution in [1.29, 1.82) is 0 Å². The summed E-state index contributed by atoms with van der Waals surface area (Å²) in [5.41, 5.74) is 0. The maximum atomic E-state index is 12.7. The second-order valence-corrected chi connectivity index (χ2v) is 9.39. The third kappa shape index (κ3) is 11.2. The van der Waals surface area contributed by atoms with E-state index in [1.807, 2.05) is 6.26 Å². The summed E-state index contributed by atoms with van der Waals surface area (Å²) in [5, 5.41) is 7.68. The minimum atomic E-state index is -1.34. The van der Waals surface area contributed by atoms with E-state index in [9.17, 15) is 33.6 Å². The maximum absolute atomic E-state index is 12.7. The molecule has 216 valence electrons. The third-order valence-corrected chi connectivity index (χ3v) is 6.03. The number of aryl methyl sites for hydroxylation is 1. The average molecular weight is 573 g/mol. The Kier molecular flexibility index (Phi) is 13.1. The van der Waals surface area contributed by atoms with Gasteiger partial charge in [0.25, 0.3) is 11.8 Å². The fraction of sp³-hybridized carbons (Fsp3) is 0.609. The quantitative estimate of drug-likeness (QED) is 0.181. The van der Waals surface area contributed by atoms with E-state index < -0.39 is 54.0 Å². The lowest BCUT2D eigenvalue weighted by molar-refractivity contribution is -0.197. The van der Waals surface area contributed by atoms with E-state index in [-0.39, 0.29) is 50.5 Å². The van der Waals surface area contributed by atoms with Crippen molar-refractivity contribution in [3.8, 4) is 0 Å². The van der Waals surface area contributed by atoms with Gasteiger partial charge in [0.05, 0.1) is 6.42 Å². The highest BCUT2D eigenvalue weighted by Crippen LogP contribution is 2.13. The Balaban J connectivity index is 1.83. The van der Waals surface area contributed by atoms with Gasteiger partial charge >= 0.3 is 17.9 Å². The van der Waals surface area contributed by atoms with Crippen LogP contribution >= 0.6 is 11.8 Å². The Morgan fingerprint density at radius 1 is 1.00 bits per heavy atom. The van der Waals surface area contributed by atoms with E-state index in [0.717, 1.165) is 18.6 Å². The molecular formula is C23H32N4O11S. The predicted octanol–water partition coefficient (Wildman–Crippen LogP) is 0.289. The van der Waals surface area contributed by atoms with Crippen molar-refractivity contribution >= 4 is 47.5 Å². The number of ether oxygens (including phenoxy) is 1. The van der Waals surface area contributed by atoms with Crippen LogP contribution in [-0.4, -0.2) is 71.9 Å². The van der Waals surface area contributed by atoms with Gasteiger partial charge in [0.15, 0.2) is 18.1 Å². The fourth-order valence-corrected chi connectivity index (χ4v) is 3.80. The summed E-state index contributed by atoms with van der Waals surface area (Å²) >= 11 is 1.70. The second kappa shape index (κ2) is 16.2. The average Bonchev–Trinajstić information content (AvgIpc) is 3.38. The summed E-state index contributed by atoms with van der Waals surface area (Å²) in [4.78, 5) is 88.4. The summed E-state index contributed by atoms with van der Waals surface area (Å²) in [7, 11) is 0. The standard InChI is InChI=1S/C23H32N4O11S/c1-14-16(37-23(34)36-14)13-35-22(33)25-10-9-24-21(32)15(26-17(28)6-4-3-5-11-39-2)12-20(31)38-27-18(29)7-8-19(27)30/h15H,3-13H2,1-2H3,(H,24,32)(H,25,33)(H,26,28)/t15-/m0/s1. The topological polar surface area (TPSA) is 204 Å². The first-order valence-electron chi connectivity index (χ1n) is 12.2. The molecule has 0 bridgehead atoms. The van der Waals surface area contributed by atoms with Crippen LogP contribution in [0.25, 0.3) is 0 Å². The molecule has 0 saturated carbocycles. The molecule has 3 N–H and O–H groups in total. The van der Waals surface area contributed by atoms with Crippen molar-refractivity contribution in [3.05, 3.63) is 22.1 Å². The normalized spacial score (nSPS) is 13.6. The molecule has 0 spiro atoms. The largest absolute Gasteiger partial charge is 0.519 e. The van der Waals surface area contributed by atoms with E-state index in [1.165, 1.54) is 6.92 Å². The van der Waals surface area contributed by atoms with E-state index >= 15 is 0 Å². The SMILES string of the molecule is CSCCCCCC(=O)N[C@@H](CC(=O)ON1C(=O)CCC1=O)C(=O)NCCNC(=O)OCc1oc(=O)oc1C. The van der Waals surface area contributed by atoms with Gasteiger partial charge in [-0.25, -0.2) is 14.4 Å². The van der Waals surface area contributed by atoms with Gasteiger partial charge in [0.2, 0.25) is 11.8 Å². The molecule has 0 aliphatic carbocycles. The molecule has 0 aromatic carbocycles. The van der Waals surface area contributed by atoms with Gasteiger partial charge in [-0.1, -0.05) is 6.42 Å². The molecule has 1 saturated heterocycles. The summed E-state index contributed by atoms with van der Waals surface area (Å²) in [6.07, 6.45) is 2.81. The number of carbonyl (C=O) groups is 6. The van der Waals surface area contributed by atoms with Gasteiger partial charge in [-0.3, -0.25) is 19.2 Å². The number of hydroxylamine groups is 2. The molecule has 5 amide bonds. The Labute approximate surface area is 227 Å². The first-order valence-corrected chi connectivity index (χ1v) is 13.6. The zero-order valence-electron chi connectivity index (χ0n) is 21.7. The van der Waals surface area contributed by atoms with Gasteiger partial charge in [0.1, 0.15) is 6.04 Å². The van der Waals surface area contributed by atoms with E-state index in [0.29, 0.717) is 11.5 Å². The summed E-state index contributed by atoms with van der Waals surface area (Å²) in [5.74, 6) is -3.33. The molecule has 1 aromatic heterocycles. The number of nitrogens with one attached hydrogen (secondary N) is 3. The molecule has 1 aliphatic heterocycles. The molecule has 1 atom stereocenters. The van der Waals surface area contributed by atoms with Gasteiger partial charge in [-0.05, 0) is 31.8 Å². The van der Waals surface area contributed by atoms with Crippen LogP contribution in [0.15, 0.2) is 13.6 Å². The first kappa shape index (κ1) is 31.4. The molecule has 39 heavy (non-hydrogen) atoms. The van der Waals surface area contributed by atoms with Crippen molar-refractivity contribution in [2.75, 3.05) is 25.1 Å². The molecule has 2 rings (SSSR count). The van der Waals surface area contributed by atoms with Crippen molar-refractivity contribution < 1.29 is 47.2 Å². The van der Waals surface area contributed by atoms with Crippen molar-refractivity contribution in [3.63, 3.8) is 0 Å². The van der Waals surface area contributed by atoms with Crippen molar-refractivity contribution in [2.24, 2.45) is 0 Å². The van der Waals surface area contributed by atoms with E-state index in [2.05, 4.69) is 20.4 Å². The van der Waals surface area contributed by atoms with Crippen LogP contribution in [0.3, 0.4) is 0 Å². The summed E-state index contributed by atoms with van der Waals surface area (Å²) in [6.45, 7) is 0.961. The van der Waals surface area contributed by atoms with Crippen LogP contribution in [0.5, 0.6) is 0 Å². The number of amides is 5. The second-order valence-electron chi connectivity index (χ2n) is 8.40. The van der Waals surface area contributed by atoms with E-state index in [1.54, 1.807) is 11.8 Å². The van der Waals surface area contributed by atoms with E-state index in [4.69, 9.17) is 14.0 Å². The number of nitrogens with zero attached hydrogens (tertiary/aromatic N) is 1. The molecule has 16 heteroatoms. The molecule has 0 radical (unpaired) electrons. The summed E-state index contributed by atoms with van der Waals surface area (Å²) < 4.78 is 14.3. The van der Waals surface area contributed by atoms with Crippen LogP contribution in [0.2, 0.25) is 0 Å². The zero-order chi connectivity index (χ0) is 28.8. The molecule has 1 fully saturated rings. The van der Waals surface area contributed by atoms with Crippen LogP contribution < -0.4 is 21.8 Å². The molecule has 2 heterocycles. The van der Waals surface area contributed by atoms with Crippen LogP contribution in [0.4, 0.5) is 4.79 Å². The number of imide groups is 1. The zero-order valence-corrected chi connectivity index (χ0v) is 22.5. The van der Waals surface area contributed by atoms with Crippen molar-refractivity contribution in [1.82, 2.24) is 21.0 Å². The minimum Gasteiger partial charge on any atom is -0.441 e. The van der Waals surface area contributed by atoms with Crippen LogP contribution in [-0.2, 0) is 40.2 Å². The third-order valence-electron chi connectivity index (χ3n) is 5.34. The number of alkyl carbamates (subject to hydrolysis) is 1. The molecule has 1 aromatic rings. The monoisotopic (exact) mass is 572 g/mol. The number of thioether (sulfide) groups is 1. The summed E-state index contributed by atoms with van der Waals surface area (Å²) in [6, 6.07) is -1.34. The van der Waals surface area contributed by atoms with Gasteiger partial charge < -0.3 is 34.4 Å². The highest BCUT2D eigenvalue weighted by Gasteiger charge is 2.34. The number of hydrogen-bond donors (Lipinski definition) is 3. The Morgan fingerprint density at radius 2 is 1.69 bits per heavy atom. The molecule has 1 aliphatic rings. The van der Waals surface area contributed by atoms with Crippen molar-refractivity contribution in [2.45, 2.75) is 64.5 Å². The minimum absolute atomic E-state index is 0.0514. The van der Waals surface area contributed by atoms with Gasteiger partial charge in [-0.2, -0.15) is 11.8 Å². The highest BCUT2D eigenvalue weighted by atomic mass is 32.2. The lowest BCUT2D eigenvalue weighted by Gasteiger charge is -2.19. The number of rotatable bonds is 16. The highest BCUT2D eigenvalue weighted by molar-refractivity contribution is 7.98. The predicted molar refractivity (Wildman–Crippen MR) is 134 cm³/mol. The number of hydrogen-bond acceptors (Lipinski definition) is 12. The Bertz CT molecular complexity index is 1080.